The van der Waals surface area contributed by atoms with Gasteiger partial charge in [-0.3, -0.25) is 0 Å². The van der Waals surface area contributed by atoms with Gasteiger partial charge in [0.25, 0.3) is 0 Å². The number of rotatable bonds is 5. The van der Waals surface area contributed by atoms with Crippen LogP contribution in [-0.4, -0.2) is 9.55 Å². The van der Waals surface area contributed by atoms with Gasteiger partial charge >= 0.3 is 0 Å². The zero-order valence-corrected chi connectivity index (χ0v) is 10.8. The van der Waals surface area contributed by atoms with Gasteiger partial charge in [0.05, 0.1) is 6.04 Å². The SMILES string of the molecule is CCCn1ccnc1C(N)Cc1ccc(F)cc1F. The molecule has 5 heteroatoms. The van der Waals surface area contributed by atoms with E-state index >= 15 is 0 Å². The van der Waals surface area contributed by atoms with Gasteiger partial charge in [-0.2, -0.15) is 0 Å². The smallest absolute Gasteiger partial charge is 0.129 e. The predicted molar refractivity (Wildman–Crippen MR) is 69.5 cm³/mol. The van der Waals surface area contributed by atoms with E-state index in [1.54, 1.807) is 6.20 Å². The van der Waals surface area contributed by atoms with Gasteiger partial charge in [0.2, 0.25) is 0 Å². The first-order valence-corrected chi connectivity index (χ1v) is 6.32. The minimum absolute atomic E-state index is 0.298. The summed E-state index contributed by atoms with van der Waals surface area (Å²) in [6.45, 7) is 2.89. The molecule has 0 amide bonds. The van der Waals surface area contributed by atoms with Gasteiger partial charge in [-0.05, 0) is 24.5 Å². The second kappa shape index (κ2) is 5.93. The molecule has 1 aromatic carbocycles. The molecule has 1 heterocycles. The summed E-state index contributed by atoms with van der Waals surface area (Å²) in [6.07, 6.45) is 4.82. The molecular weight excluding hydrogens is 248 g/mol. The molecular formula is C14H17F2N3. The van der Waals surface area contributed by atoms with E-state index in [0.717, 1.165) is 24.9 Å². The maximum atomic E-state index is 13.6. The van der Waals surface area contributed by atoms with Crippen molar-refractivity contribution in [1.82, 2.24) is 9.55 Å². The average molecular weight is 265 g/mol. The van der Waals surface area contributed by atoms with Crippen molar-refractivity contribution in [2.45, 2.75) is 32.4 Å². The standard InChI is InChI=1S/C14H17F2N3/c1-2-6-19-7-5-18-14(19)13(17)8-10-3-4-11(15)9-12(10)16/h3-5,7,9,13H,2,6,8,17H2,1H3. The largest absolute Gasteiger partial charge is 0.334 e. The Morgan fingerprint density at radius 1 is 1.37 bits per heavy atom. The predicted octanol–water partition coefficient (Wildman–Crippen LogP) is 2.81. The molecule has 3 nitrogen and oxygen atoms in total. The minimum atomic E-state index is -0.581. The number of nitrogens with zero attached hydrogens (tertiary/aromatic N) is 2. The van der Waals surface area contributed by atoms with Gasteiger partial charge < -0.3 is 10.3 Å². The van der Waals surface area contributed by atoms with E-state index in [1.165, 1.54) is 12.1 Å². The molecule has 0 aliphatic heterocycles. The van der Waals surface area contributed by atoms with Crippen LogP contribution < -0.4 is 5.73 Å². The zero-order chi connectivity index (χ0) is 13.8. The molecule has 0 bridgehead atoms. The molecule has 0 aliphatic carbocycles. The number of nitrogens with two attached hydrogens (primary N) is 1. The van der Waals surface area contributed by atoms with Crippen LogP contribution in [0.3, 0.4) is 0 Å². The van der Waals surface area contributed by atoms with Crippen LogP contribution in [0.4, 0.5) is 8.78 Å². The lowest BCUT2D eigenvalue weighted by atomic mass is 10.1. The monoisotopic (exact) mass is 265 g/mol. The summed E-state index contributed by atoms with van der Waals surface area (Å²) in [6, 6.07) is 3.14. The molecule has 2 rings (SSSR count). The lowest BCUT2D eigenvalue weighted by molar-refractivity contribution is 0.542. The maximum Gasteiger partial charge on any atom is 0.129 e. The first-order valence-electron chi connectivity index (χ1n) is 6.32. The highest BCUT2D eigenvalue weighted by atomic mass is 19.1. The Bertz CT molecular complexity index is 551. The van der Waals surface area contributed by atoms with Crippen molar-refractivity contribution in [2.75, 3.05) is 0 Å². The van der Waals surface area contributed by atoms with Crippen molar-refractivity contribution < 1.29 is 8.78 Å². The molecule has 0 radical (unpaired) electrons. The Morgan fingerprint density at radius 3 is 2.84 bits per heavy atom. The highest BCUT2D eigenvalue weighted by molar-refractivity contribution is 5.20. The summed E-state index contributed by atoms with van der Waals surface area (Å²) < 4.78 is 28.4. The minimum Gasteiger partial charge on any atom is -0.334 e. The molecule has 0 saturated carbocycles. The second-order valence-electron chi connectivity index (χ2n) is 4.53. The van der Waals surface area contributed by atoms with Gasteiger partial charge in [0, 0.05) is 25.0 Å². The number of aromatic nitrogens is 2. The fourth-order valence-corrected chi connectivity index (χ4v) is 2.09. The van der Waals surface area contributed by atoms with E-state index < -0.39 is 17.7 Å². The molecule has 2 N–H and O–H groups in total. The molecule has 1 aromatic heterocycles. The molecule has 0 aliphatic rings. The normalized spacial score (nSPS) is 12.6. The topological polar surface area (TPSA) is 43.8 Å². The molecule has 0 spiro atoms. The van der Waals surface area contributed by atoms with Crippen molar-refractivity contribution in [3.05, 3.63) is 53.6 Å². The molecule has 0 fully saturated rings. The fraction of sp³-hybridized carbons (Fsp3) is 0.357. The van der Waals surface area contributed by atoms with Crippen LogP contribution in [0.5, 0.6) is 0 Å². The van der Waals surface area contributed by atoms with E-state index in [1.807, 2.05) is 10.8 Å². The van der Waals surface area contributed by atoms with E-state index in [9.17, 15) is 8.78 Å². The molecule has 0 saturated heterocycles. The Balaban J connectivity index is 2.16. The number of aryl methyl sites for hydroxylation is 1. The second-order valence-corrected chi connectivity index (χ2v) is 4.53. The van der Waals surface area contributed by atoms with E-state index in [0.29, 0.717) is 12.0 Å². The third-order valence-corrected chi connectivity index (χ3v) is 3.00. The Hall–Kier alpha value is -1.75. The zero-order valence-electron chi connectivity index (χ0n) is 10.8. The van der Waals surface area contributed by atoms with Crippen molar-refractivity contribution in [3.63, 3.8) is 0 Å². The summed E-state index contributed by atoms with van der Waals surface area (Å²) >= 11 is 0. The van der Waals surface area contributed by atoms with Crippen molar-refractivity contribution >= 4 is 0 Å². The lowest BCUT2D eigenvalue weighted by Crippen LogP contribution is -2.19. The van der Waals surface area contributed by atoms with Gasteiger partial charge in [0.15, 0.2) is 0 Å². The summed E-state index contributed by atoms with van der Waals surface area (Å²) in [7, 11) is 0. The quantitative estimate of drug-likeness (QED) is 0.903. The third kappa shape index (κ3) is 3.17. The van der Waals surface area contributed by atoms with E-state index in [-0.39, 0.29) is 0 Å². The van der Waals surface area contributed by atoms with Crippen molar-refractivity contribution in [1.29, 1.82) is 0 Å². The van der Waals surface area contributed by atoms with Gasteiger partial charge in [-0.15, -0.1) is 0 Å². The van der Waals surface area contributed by atoms with E-state index in [2.05, 4.69) is 11.9 Å². The van der Waals surface area contributed by atoms with Crippen LogP contribution in [0.2, 0.25) is 0 Å². The molecule has 2 aromatic rings. The number of halogens is 2. The molecule has 1 atom stereocenters. The van der Waals surface area contributed by atoms with Crippen LogP contribution >= 0.6 is 0 Å². The van der Waals surface area contributed by atoms with Crippen molar-refractivity contribution in [3.8, 4) is 0 Å². The fourth-order valence-electron chi connectivity index (χ4n) is 2.09. The Kier molecular flexibility index (Phi) is 4.27. The third-order valence-electron chi connectivity index (χ3n) is 3.00. The highest BCUT2D eigenvalue weighted by Crippen LogP contribution is 2.18. The average Bonchev–Trinajstić information content (AvgIpc) is 2.81. The summed E-state index contributed by atoms with van der Waals surface area (Å²) in [4.78, 5) is 4.22. The summed E-state index contributed by atoms with van der Waals surface area (Å²) in [5.74, 6) is -0.420. The Morgan fingerprint density at radius 2 is 2.16 bits per heavy atom. The van der Waals surface area contributed by atoms with Crippen LogP contribution in [-0.2, 0) is 13.0 Å². The highest BCUT2D eigenvalue weighted by Gasteiger charge is 2.15. The molecule has 102 valence electrons. The van der Waals surface area contributed by atoms with Gasteiger partial charge in [-0.25, -0.2) is 13.8 Å². The van der Waals surface area contributed by atoms with Crippen molar-refractivity contribution in [2.24, 2.45) is 5.73 Å². The maximum absolute atomic E-state index is 13.6. The van der Waals surface area contributed by atoms with Crippen LogP contribution in [0.1, 0.15) is 30.8 Å². The molecule has 19 heavy (non-hydrogen) atoms. The summed E-state index contributed by atoms with van der Waals surface area (Å²) in [5, 5.41) is 0. The van der Waals surface area contributed by atoms with E-state index in [4.69, 9.17) is 5.73 Å². The van der Waals surface area contributed by atoms with Gasteiger partial charge in [0.1, 0.15) is 17.5 Å². The number of hydrogen-bond donors (Lipinski definition) is 1. The Labute approximate surface area is 111 Å². The van der Waals surface area contributed by atoms with Crippen LogP contribution in [0, 0.1) is 11.6 Å². The van der Waals surface area contributed by atoms with Gasteiger partial charge in [-0.1, -0.05) is 13.0 Å². The number of hydrogen-bond acceptors (Lipinski definition) is 2. The van der Waals surface area contributed by atoms with Crippen LogP contribution in [0.25, 0.3) is 0 Å². The number of imidazole rings is 1. The molecule has 1 unspecified atom stereocenters. The van der Waals surface area contributed by atoms with Crippen LogP contribution in [0.15, 0.2) is 30.6 Å². The first kappa shape index (κ1) is 13.7. The lowest BCUT2D eigenvalue weighted by Gasteiger charge is -2.14. The number of benzene rings is 1. The first-order chi connectivity index (χ1) is 9.11. The summed E-state index contributed by atoms with van der Waals surface area (Å²) in [5.41, 5.74) is 6.47.